The van der Waals surface area contributed by atoms with E-state index in [9.17, 15) is 26.4 Å². The topological polar surface area (TPSA) is 156 Å². The third-order valence-corrected chi connectivity index (χ3v) is 9.13. The van der Waals surface area contributed by atoms with Crippen LogP contribution in [0.4, 0.5) is 17.1 Å². The highest BCUT2D eigenvalue weighted by Gasteiger charge is 2.31. The second-order valence-electron chi connectivity index (χ2n) is 8.75. The minimum Gasteiger partial charge on any atom is -0.459 e. The number of furan rings is 2. The van der Waals surface area contributed by atoms with Gasteiger partial charge in [-0.25, -0.2) is 21.7 Å². The fraction of sp³-hybridized carbons (Fsp3) is 0. The Kier molecular flexibility index (Phi) is 8.33. The van der Waals surface area contributed by atoms with E-state index in [1.54, 1.807) is 0 Å². The molecule has 0 spiro atoms. The van der Waals surface area contributed by atoms with Crippen LogP contribution in [0.2, 0.25) is 10.0 Å². The summed E-state index contributed by atoms with van der Waals surface area (Å²) in [6.45, 7) is 0. The monoisotopic (exact) mass is 659 g/mol. The number of rotatable bonds is 9. The normalized spacial score (nSPS) is 11.6. The highest BCUT2D eigenvalue weighted by Crippen LogP contribution is 2.33. The van der Waals surface area contributed by atoms with Gasteiger partial charge in [-0.3, -0.25) is 19.0 Å². The molecule has 0 saturated carbocycles. The lowest BCUT2D eigenvalue weighted by atomic mass is 10.2. The van der Waals surface area contributed by atoms with Crippen LogP contribution in [0, 0.1) is 0 Å². The lowest BCUT2D eigenvalue weighted by molar-refractivity contribution is 0.0867. The van der Waals surface area contributed by atoms with E-state index in [2.05, 4.69) is 9.44 Å². The lowest BCUT2D eigenvalue weighted by Crippen LogP contribution is -2.36. The fourth-order valence-corrected chi connectivity index (χ4v) is 6.23. The van der Waals surface area contributed by atoms with Gasteiger partial charge in [-0.15, -0.1) is 0 Å². The maximum Gasteiger partial charge on any atom is 0.301 e. The third kappa shape index (κ3) is 6.60. The molecule has 0 fully saturated rings. The summed E-state index contributed by atoms with van der Waals surface area (Å²) in [5.74, 6) is -2.19. The number of imide groups is 1. The van der Waals surface area contributed by atoms with Gasteiger partial charge in [-0.05, 0) is 91.0 Å². The van der Waals surface area contributed by atoms with Crippen molar-refractivity contribution in [2.24, 2.45) is 0 Å². The molecule has 2 amide bonds. The Balaban J connectivity index is 1.62. The van der Waals surface area contributed by atoms with E-state index in [1.165, 1.54) is 97.5 Å². The van der Waals surface area contributed by atoms with Crippen molar-refractivity contribution in [2.45, 2.75) is 9.79 Å². The van der Waals surface area contributed by atoms with E-state index in [4.69, 9.17) is 32.0 Å². The van der Waals surface area contributed by atoms with Crippen LogP contribution in [0.25, 0.3) is 0 Å². The molecule has 5 aromatic rings. The second kappa shape index (κ2) is 12.0. The second-order valence-corrected chi connectivity index (χ2v) is 13.0. The van der Waals surface area contributed by atoms with Crippen LogP contribution in [0.1, 0.15) is 21.1 Å². The highest BCUT2D eigenvalue weighted by molar-refractivity contribution is 7.93. The molecule has 0 radical (unpaired) electrons. The molecule has 0 atom stereocenters. The molecule has 0 aliphatic carbocycles. The standard InChI is InChI=1S/C28H19Cl2N3O8S2/c29-18-5-10-21(11-6-18)42(36,37)31-23-14-9-20(17-24(23)32-43(38,39)22-12-7-19(30)8-13-22)33(27(34)25-3-1-15-40-25)28(35)26-4-2-16-41-26/h1-17,31-32H. The molecule has 0 unspecified atom stereocenters. The molecule has 0 saturated heterocycles. The Hall–Kier alpha value is -4.56. The van der Waals surface area contributed by atoms with E-state index >= 15 is 0 Å². The fourth-order valence-electron chi connectivity index (χ4n) is 3.83. The molecule has 5 rings (SSSR count). The largest absolute Gasteiger partial charge is 0.459 e. The molecular weight excluding hydrogens is 641 g/mol. The summed E-state index contributed by atoms with van der Waals surface area (Å²) in [6.07, 6.45) is 2.48. The molecule has 3 aromatic carbocycles. The first-order chi connectivity index (χ1) is 20.4. The zero-order valence-corrected chi connectivity index (χ0v) is 24.7. The van der Waals surface area contributed by atoms with Gasteiger partial charge in [-0.1, -0.05) is 23.2 Å². The maximum atomic E-state index is 13.4. The van der Waals surface area contributed by atoms with E-state index in [0.717, 1.165) is 6.07 Å². The summed E-state index contributed by atoms with van der Waals surface area (Å²) in [4.78, 5) is 27.2. The Morgan fingerprint density at radius 1 is 0.605 bits per heavy atom. The Labute approximate surface area is 255 Å². The predicted molar refractivity (Wildman–Crippen MR) is 160 cm³/mol. The van der Waals surface area contributed by atoms with Gasteiger partial charge in [-0.2, -0.15) is 0 Å². The molecule has 11 nitrogen and oxygen atoms in total. The van der Waals surface area contributed by atoms with Crippen molar-refractivity contribution in [3.8, 4) is 0 Å². The zero-order valence-electron chi connectivity index (χ0n) is 21.6. The Bertz CT molecular complexity index is 1950. The van der Waals surface area contributed by atoms with Crippen LogP contribution in [0.5, 0.6) is 0 Å². The number of sulfonamides is 2. The molecule has 0 aliphatic rings. The van der Waals surface area contributed by atoms with Gasteiger partial charge in [0.1, 0.15) is 0 Å². The SMILES string of the molecule is O=C(c1ccco1)N(C(=O)c1ccco1)c1ccc(NS(=O)(=O)c2ccc(Cl)cc2)c(NS(=O)(=O)c2ccc(Cl)cc2)c1. The summed E-state index contributed by atoms with van der Waals surface area (Å²) in [6, 6.07) is 19.6. The zero-order chi connectivity index (χ0) is 30.8. The van der Waals surface area contributed by atoms with Gasteiger partial charge in [0.15, 0.2) is 11.5 Å². The number of halogens is 2. The number of amides is 2. The first-order valence-corrected chi connectivity index (χ1v) is 15.8. The summed E-state index contributed by atoms with van der Waals surface area (Å²) in [7, 11) is -8.59. The van der Waals surface area contributed by atoms with Crippen LogP contribution >= 0.6 is 23.2 Å². The van der Waals surface area contributed by atoms with Crippen LogP contribution in [-0.4, -0.2) is 28.6 Å². The molecule has 2 N–H and O–H groups in total. The van der Waals surface area contributed by atoms with Gasteiger partial charge in [0, 0.05) is 10.0 Å². The van der Waals surface area contributed by atoms with Crippen molar-refractivity contribution < 1.29 is 35.3 Å². The predicted octanol–water partition coefficient (Wildman–Crippen LogP) is 6.27. The molecule has 43 heavy (non-hydrogen) atoms. The van der Waals surface area contributed by atoms with Crippen LogP contribution in [0.3, 0.4) is 0 Å². The minimum absolute atomic E-state index is 0.133. The highest BCUT2D eigenvalue weighted by atomic mass is 35.5. The third-order valence-electron chi connectivity index (χ3n) is 5.87. The van der Waals surface area contributed by atoms with E-state index < -0.39 is 31.9 Å². The molecule has 2 aromatic heterocycles. The van der Waals surface area contributed by atoms with E-state index in [0.29, 0.717) is 14.9 Å². The van der Waals surface area contributed by atoms with Gasteiger partial charge >= 0.3 is 11.8 Å². The first kappa shape index (κ1) is 29.9. The summed E-state index contributed by atoms with van der Waals surface area (Å²) in [5, 5.41) is 0.600. The lowest BCUT2D eigenvalue weighted by Gasteiger charge is -2.22. The quantitative estimate of drug-likeness (QED) is 0.175. The van der Waals surface area contributed by atoms with E-state index in [1.807, 2.05) is 0 Å². The molecule has 2 heterocycles. The molecule has 0 aliphatic heterocycles. The molecular formula is C28H19Cl2N3O8S2. The summed E-state index contributed by atoms with van der Waals surface area (Å²) in [5.41, 5.74) is -0.660. The average Bonchev–Trinajstić information content (AvgIpc) is 3.70. The van der Waals surface area contributed by atoms with Gasteiger partial charge in [0.05, 0.1) is 39.4 Å². The number of carbonyl (C=O) groups is 2. The first-order valence-electron chi connectivity index (χ1n) is 12.1. The number of nitrogens with one attached hydrogen (secondary N) is 2. The summed E-state index contributed by atoms with van der Waals surface area (Å²) < 4.78 is 68.1. The van der Waals surface area contributed by atoms with Crippen LogP contribution < -0.4 is 14.3 Å². The number of benzene rings is 3. The minimum atomic E-state index is -4.33. The number of carbonyl (C=O) groups excluding carboxylic acids is 2. The molecule has 15 heteroatoms. The number of nitrogens with zero attached hydrogens (tertiary/aromatic N) is 1. The van der Waals surface area contributed by atoms with Crippen LogP contribution in [-0.2, 0) is 20.0 Å². The van der Waals surface area contributed by atoms with Crippen molar-refractivity contribution in [1.82, 2.24) is 0 Å². The van der Waals surface area contributed by atoms with Crippen molar-refractivity contribution >= 4 is 72.1 Å². The van der Waals surface area contributed by atoms with Gasteiger partial charge < -0.3 is 8.83 Å². The number of hydrogen-bond acceptors (Lipinski definition) is 8. The summed E-state index contributed by atoms with van der Waals surface area (Å²) >= 11 is 11.8. The van der Waals surface area contributed by atoms with Crippen molar-refractivity contribution in [2.75, 3.05) is 14.3 Å². The average molecular weight is 661 g/mol. The van der Waals surface area contributed by atoms with Gasteiger partial charge in [0.2, 0.25) is 0 Å². The van der Waals surface area contributed by atoms with Crippen molar-refractivity contribution in [3.63, 3.8) is 0 Å². The van der Waals surface area contributed by atoms with Crippen LogP contribution in [0.15, 0.2) is 122 Å². The number of anilines is 3. The Morgan fingerprint density at radius 3 is 1.47 bits per heavy atom. The van der Waals surface area contributed by atoms with Crippen molar-refractivity contribution in [1.29, 1.82) is 0 Å². The number of hydrogen-bond donors (Lipinski definition) is 2. The van der Waals surface area contributed by atoms with Gasteiger partial charge in [0.25, 0.3) is 20.0 Å². The van der Waals surface area contributed by atoms with E-state index in [-0.39, 0.29) is 38.4 Å². The maximum absolute atomic E-state index is 13.4. The smallest absolute Gasteiger partial charge is 0.301 e. The molecule has 220 valence electrons. The molecule has 0 bridgehead atoms. The van der Waals surface area contributed by atoms with Crippen molar-refractivity contribution in [3.05, 3.63) is 125 Å². The Morgan fingerprint density at radius 2 is 1.05 bits per heavy atom.